The summed E-state index contributed by atoms with van der Waals surface area (Å²) in [6, 6.07) is 12.4. The molecule has 0 fully saturated rings. The molecule has 2 aromatic carbocycles. The number of hydrogen-bond donors (Lipinski definition) is 0. The Morgan fingerprint density at radius 1 is 0.708 bits per heavy atom. The fourth-order valence-electron chi connectivity index (χ4n) is 3.68. The van der Waals surface area contributed by atoms with E-state index in [1.807, 2.05) is 24.3 Å². The van der Waals surface area contributed by atoms with E-state index in [0.29, 0.717) is 0 Å². The Bertz CT molecular complexity index is 638. The molecule has 2 rings (SSSR count). The van der Waals surface area contributed by atoms with Gasteiger partial charge in [-0.15, -0.1) is 0 Å². The van der Waals surface area contributed by atoms with Gasteiger partial charge in [0.1, 0.15) is 0 Å². The maximum atomic E-state index is 13.3. The highest BCUT2D eigenvalue weighted by molar-refractivity contribution is 6.11. The van der Waals surface area contributed by atoms with Crippen LogP contribution >= 0.6 is 0 Å². The van der Waals surface area contributed by atoms with Crippen LogP contribution in [0.5, 0.6) is 0 Å². The summed E-state index contributed by atoms with van der Waals surface area (Å²) in [5.74, 6) is 0.194. The lowest BCUT2D eigenvalue weighted by Gasteiger charge is -2.16. The molecule has 128 valence electrons. The van der Waals surface area contributed by atoms with Crippen LogP contribution in [0.4, 0.5) is 0 Å². The topological polar surface area (TPSA) is 17.1 Å². The van der Waals surface area contributed by atoms with E-state index >= 15 is 0 Å². The second-order valence-electron chi connectivity index (χ2n) is 6.42. The molecule has 0 atom stereocenters. The lowest BCUT2D eigenvalue weighted by atomic mass is 9.87. The first-order valence-electron chi connectivity index (χ1n) is 9.43. The SMILES string of the molecule is CCCc1cccc(C(=O)c2cccc(CCC)c2CC)c1CC. The van der Waals surface area contributed by atoms with E-state index in [-0.39, 0.29) is 5.78 Å². The molecule has 0 heterocycles. The predicted molar refractivity (Wildman–Crippen MR) is 103 cm³/mol. The van der Waals surface area contributed by atoms with Crippen LogP contribution in [0.15, 0.2) is 36.4 Å². The quantitative estimate of drug-likeness (QED) is 0.549. The largest absolute Gasteiger partial charge is 0.289 e. The first-order chi connectivity index (χ1) is 11.7. The summed E-state index contributed by atoms with van der Waals surface area (Å²) in [7, 11) is 0. The third-order valence-electron chi connectivity index (χ3n) is 4.78. The number of hydrogen-bond acceptors (Lipinski definition) is 1. The second-order valence-corrected chi connectivity index (χ2v) is 6.42. The van der Waals surface area contributed by atoms with Crippen molar-refractivity contribution in [3.05, 3.63) is 69.8 Å². The molecule has 0 aromatic heterocycles. The van der Waals surface area contributed by atoms with Crippen LogP contribution in [0.2, 0.25) is 0 Å². The zero-order valence-electron chi connectivity index (χ0n) is 15.6. The molecule has 0 aliphatic heterocycles. The highest BCUT2D eigenvalue weighted by Gasteiger charge is 2.18. The third kappa shape index (κ3) is 3.77. The number of carbonyl (C=O) groups excluding carboxylic acids is 1. The van der Waals surface area contributed by atoms with Gasteiger partial charge >= 0.3 is 0 Å². The van der Waals surface area contributed by atoms with Crippen LogP contribution in [-0.2, 0) is 25.7 Å². The van der Waals surface area contributed by atoms with Gasteiger partial charge in [-0.05, 0) is 47.9 Å². The summed E-state index contributed by atoms with van der Waals surface area (Å²) in [5, 5.41) is 0. The summed E-state index contributed by atoms with van der Waals surface area (Å²) in [6.07, 6.45) is 6.12. The van der Waals surface area contributed by atoms with E-state index < -0.39 is 0 Å². The van der Waals surface area contributed by atoms with Gasteiger partial charge < -0.3 is 0 Å². The molecule has 0 aliphatic carbocycles. The third-order valence-corrected chi connectivity index (χ3v) is 4.78. The molecular formula is C23H30O. The fourth-order valence-corrected chi connectivity index (χ4v) is 3.68. The molecule has 0 unspecified atom stereocenters. The van der Waals surface area contributed by atoms with Crippen LogP contribution in [0.25, 0.3) is 0 Å². The Kier molecular flexibility index (Phi) is 6.78. The Morgan fingerprint density at radius 3 is 1.46 bits per heavy atom. The number of ketones is 1. The zero-order chi connectivity index (χ0) is 17.5. The molecule has 0 saturated heterocycles. The average Bonchev–Trinajstić information content (AvgIpc) is 2.61. The van der Waals surface area contributed by atoms with Crippen molar-refractivity contribution < 1.29 is 4.79 Å². The molecule has 0 radical (unpaired) electrons. The van der Waals surface area contributed by atoms with E-state index in [1.54, 1.807) is 0 Å². The minimum Gasteiger partial charge on any atom is -0.289 e. The van der Waals surface area contributed by atoms with Crippen molar-refractivity contribution in [1.82, 2.24) is 0 Å². The van der Waals surface area contributed by atoms with E-state index in [1.165, 1.54) is 22.3 Å². The van der Waals surface area contributed by atoms with Crippen molar-refractivity contribution in [3.8, 4) is 0 Å². The standard InChI is InChI=1S/C23H30O/c1-5-11-17-13-9-15-21(19(17)7-3)23(24)22-16-10-14-18(12-6-2)20(22)8-4/h9-10,13-16H,5-8,11-12H2,1-4H3. The van der Waals surface area contributed by atoms with Gasteiger partial charge in [-0.3, -0.25) is 4.79 Å². The molecule has 24 heavy (non-hydrogen) atoms. The van der Waals surface area contributed by atoms with Gasteiger partial charge in [0.2, 0.25) is 0 Å². The van der Waals surface area contributed by atoms with Gasteiger partial charge in [0.25, 0.3) is 0 Å². The predicted octanol–water partition coefficient (Wildman–Crippen LogP) is 5.95. The Labute approximate surface area is 147 Å². The summed E-state index contributed by atoms with van der Waals surface area (Å²) >= 11 is 0. The smallest absolute Gasteiger partial charge is 0.193 e. The van der Waals surface area contributed by atoms with Crippen LogP contribution in [-0.4, -0.2) is 5.78 Å². The molecule has 0 amide bonds. The number of rotatable bonds is 8. The molecule has 1 nitrogen and oxygen atoms in total. The molecular weight excluding hydrogens is 292 g/mol. The van der Waals surface area contributed by atoms with Crippen molar-refractivity contribution in [1.29, 1.82) is 0 Å². The molecule has 0 bridgehead atoms. The minimum atomic E-state index is 0.194. The summed E-state index contributed by atoms with van der Waals surface area (Å²) in [6.45, 7) is 8.69. The van der Waals surface area contributed by atoms with Crippen LogP contribution < -0.4 is 0 Å². The lowest BCUT2D eigenvalue weighted by Crippen LogP contribution is -2.11. The van der Waals surface area contributed by atoms with E-state index in [9.17, 15) is 4.79 Å². The monoisotopic (exact) mass is 322 g/mol. The Hall–Kier alpha value is -1.89. The zero-order valence-corrected chi connectivity index (χ0v) is 15.6. The van der Waals surface area contributed by atoms with Gasteiger partial charge in [-0.2, -0.15) is 0 Å². The van der Waals surface area contributed by atoms with Crippen molar-refractivity contribution in [2.75, 3.05) is 0 Å². The van der Waals surface area contributed by atoms with Crippen molar-refractivity contribution in [2.45, 2.75) is 66.2 Å². The summed E-state index contributed by atoms with van der Waals surface area (Å²) in [5.41, 5.74) is 6.90. The maximum absolute atomic E-state index is 13.3. The van der Waals surface area contributed by atoms with E-state index in [4.69, 9.17) is 0 Å². The van der Waals surface area contributed by atoms with Gasteiger partial charge in [0.05, 0.1) is 0 Å². The number of aryl methyl sites for hydroxylation is 2. The first kappa shape index (κ1) is 18.4. The highest BCUT2D eigenvalue weighted by Crippen LogP contribution is 2.25. The molecule has 1 heteroatoms. The Balaban J connectivity index is 2.53. The molecule has 2 aromatic rings. The van der Waals surface area contributed by atoms with Gasteiger partial charge in [0, 0.05) is 11.1 Å². The summed E-state index contributed by atoms with van der Waals surface area (Å²) in [4.78, 5) is 13.3. The van der Waals surface area contributed by atoms with E-state index in [0.717, 1.165) is 49.7 Å². The highest BCUT2D eigenvalue weighted by atomic mass is 16.1. The number of carbonyl (C=O) groups is 1. The van der Waals surface area contributed by atoms with Gasteiger partial charge in [-0.1, -0.05) is 76.9 Å². The van der Waals surface area contributed by atoms with Gasteiger partial charge in [-0.25, -0.2) is 0 Å². The Morgan fingerprint density at radius 2 is 1.12 bits per heavy atom. The maximum Gasteiger partial charge on any atom is 0.193 e. The minimum absolute atomic E-state index is 0.194. The van der Waals surface area contributed by atoms with Crippen molar-refractivity contribution in [2.24, 2.45) is 0 Å². The molecule has 0 saturated carbocycles. The first-order valence-corrected chi connectivity index (χ1v) is 9.43. The molecule has 0 aliphatic rings. The van der Waals surface area contributed by atoms with E-state index in [2.05, 4.69) is 39.8 Å². The molecule has 0 spiro atoms. The normalized spacial score (nSPS) is 10.8. The summed E-state index contributed by atoms with van der Waals surface area (Å²) < 4.78 is 0. The van der Waals surface area contributed by atoms with Gasteiger partial charge in [0.15, 0.2) is 5.78 Å². The average molecular weight is 322 g/mol. The lowest BCUT2D eigenvalue weighted by molar-refractivity contribution is 0.103. The van der Waals surface area contributed by atoms with Crippen molar-refractivity contribution in [3.63, 3.8) is 0 Å². The van der Waals surface area contributed by atoms with Crippen molar-refractivity contribution >= 4 is 5.78 Å². The van der Waals surface area contributed by atoms with Crippen LogP contribution in [0, 0.1) is 0 Å². The number of benzene rings is 2. The van der Waals surface area contributed by atoms with Crippen LogP contribution in [0.1, 0.15) is 78.7 Å². The fraction of sp³-hybridized carbons (Fsp3) is 0.435. The second kappa shape index (κ2) is 8.82. The van der Waals surface area contributed by atoms with Crippen LogP contribution in [0.3, 0.4) is 0 Å². The molecule has 0 N–H and O–H groups in total.